The number of furan rings is 1. The monoisotopic (exact) mass is 752 g/mol. The number of thiophene rings is 1. The predicted octanol–water partition coefficient (Wildman–Crippen LogP) is 12.8. The van der Waals surface area contributed by atoms with Gasteiger partial charge in [0.2, 0.25) is 0 Å². The van der Waals surface area contributed by atoms with Crippen LogP contribution in [0.15, 0.2) is 185 Å². The van der Waals surface area contributed by atoms with Crippen LogP contribution < -0.4 is 10.6 Å². The third-order valence-electron chi connectivity index (χ3n) is 11.8. The Morgan fingerprint density at radius 1 is 0.596 bits per heavy atom. The molecule has 3 aromatic heterocycles. The molecule has 0 saturated heterocycles. The molecule has 272 valence electrons. The summed E-state index contributed by atoms with van der Waals surface area (Å²) in [5, 5.41) is 14.8. The van der Waals surface area contributed by atoms with Crippen LogP contribution in [0.4, 0.5) is 0 Å². The average Bonchev–Trinajstić information content (AvgIpc) is 3.95. The van der Waals surface area contributed by atoms with Gasteiger partial charge in [-0.1, -0.05) is 115 Å². The van der Waals surface area contributed by atoms with E-state index in [2.05, 4.69) is 191 Å². The van der Waals surface area contributed by atoms with E-state index in [1.54, 1.807) is 0 Å². The molecule has 12 rings (SSSR count). The second kappa shape index (κ2) is 12.9. The van der Waals surface area contributed by atoms with Gasteiger partial charge in [0.15, 0.2) is 0 Å². The van der Waals surface area contributed by atoms with Crippen molar-refractivity contribution >= 4 is 81.1 Å². The molecular weight excluding hydrogens is 717 g/mol. The highest BCUT2D eigenvalue weighted by atomic mass is 32.1. The predicted molar refractivity (Wildman–Crippen MR) is 239 cm³/mol. The number of aliphatic imine (C=N–C) groups is 1. The average molecular weight is 753 g/mol. The van der Waals surface area contributed by atoms with Crippen LogP contribution in [-0.2, 0) is 0 Å². The van der Waals surface area contributed by atoms with Crippen LogP contribution in [0.3, 0.4) is 0 Å². The van der Waals surface area contributed by atoms with Crippen molar-refractivity contribution in [3.8, 4) is 16.8 Å². The Hall–Kier alpha value is -6.73. The molecule has 6 heteroatoms. The molecule has 0 fully saturated rings. The van der Waals surface area contributed by atoms with E-state index in [1.165, 1.54) is 58.7 Å². The van der Waals surface area contributed by atoms with Crippen molar-refractivity contribution in [1.82, 2.24) is 15.2 Å². The summed E-state index contributed by atoms with van der Waals surface area (Å²) in [4.78, 5) is 5.27. The fraction of sp³-hybridized carbons (Fsp3) is 0.0784. The molecule has 3 atom stereocenters. The Balaban J connectivity index is 0.943. The molecule has 3 unspecified atom stereocenters. The molecule has 0 bridgehead atoms. The highest BCUT2D eigenvalue weighted by Crippen LogP contribution is 2.41. The molecule has 2 N–H and O–H groups in total. The number of nitrogens with one attached hydrogen (secondary N) is 2. The topological polar surface area (TPSA) is 54.5 Å². The van der Waals surface area contributed by atoms with Crippen LogP contribution in [0.25, 0.3) is 80.7 Å². The number of nitrogens with zero attached hydrogens (tertiary/aromatic N) is 2. The first-order valence-corrected chi connectivity index (χ1v) is 20.4. The first-order chi connectivity index (χ1) is 28.2. The fourth-order valence-corrected chi connectivity index (χ4v) is 10.2. The number of aromatic nitrogens is 1. The molecule has 0 amide bonds. The van der Waals surface area contributed by atoms with Gasteiger partial charge in [0.25, 0.3) is 0 Å². The van der Waals surface area contributed by atoms with Crippen LogP contribution in [-0.4, -0.2) is 16.6 Å². The summed E-state index contributed by atoms with van der Waals surface area (Å²) in [7, 11) is 0. The minimum Gasteiger partial charge on any atom is -0.456 e. The smallest absolute Gasteiger partial charge is 0.137 e. The Morgan fingerprint density at radius 3 is 2.18 bits per heavy atom. The molecule has 0 spiro atoms. The van der Waals surface area contributed by atoms with E-state index in [0.717, 1.165) is 45.4 Å². The lowest BCUT2D eigenvalue weighted by Crippen LogP contribution is -2.50. The summed E-state index contributed by atoms with van der Waals surface area (Å²) in [6, 6.07) is 54.7. The number of hydrogen-bond donors (Lipinski definition) is 2. The number of rotatable bonds is 5. The number of benzene rings is 7. The molecule has 2 aliphatic rings. The van der Waals surface area contributed by atoms with Gasteiger partial charge in [-0.25, -0.2) is 4.99 Å². The van der Waals surface area contributed by atoms with Crippen molar-refractivity contribution < 1.29 is 4.42 Å². The van der Waals surface area contributed by atoms with Crippen LogP contribution in [0.1, 0.15) is 23.7 Å². The number of allylic oxidation sites excluding steroid dienone is 3. The van der Waals surface area contributed by atoms with E-state index in [1.807, 2.05) is 11.3 Å². The van der Waals surface area contributed by atoms with Crippen molar-refractivity contribution in [3.63, 3.8) is 0 Å². The highest BCUT2D eigenvalue weighted by molar-refractivity contribution is 7.25. The number of amidine groups is 1. The molecule has 0 radical (unpaired) electrons. The minimum atomic E-state index is -0.0387. The summed E-state index contributed by atoms with van der Waals surface area (Å²) in [6.07, 6.45) is 9.67. The lowest BCUT2D eigenvalue weighted by Gasteiger charge is -2.35. The molecule has 4 heterocycles. The van der Waals surface area contributed by atoms with Gasteiger partial charge in [0.1, 0.15) is 29.3 Å². The SMILES string of the molecule is C1=CCC(C2N=C(c3ccc4sc5cc(-c6ccc7oc8cccc(-n9c%10ccccc%10c%10ccccc%109)c8c7c6)ccc5c4c3)NC(c3ccccc3)N2)C=C1. The van der Waals surface area contributed by atoms with E-state index in [0.29, 0.717) is 5.92 Å². The van der Waals surface area contributed by atoms with Gasteiger partial charge in [-0.15, -0.1) is 11.3 Å². The maximum Gasteiger partial charge on any atom is 0.137 e. The lowest BCUT2D eigenvalue weighted by molar-refractivity contribution is 0.339. The number of hydrogen-bond acceptors (Lipinski definition) is 5. The molecule has 10 aromatic rings. The van der Waals surface area contributed by atoms with E-state index in [4.69, 9.17) is 9.41 Å². The molecule has 5 nitrogen and oxygen atoms in total. The van der Waals surface area contributed by atoms with Crippen molar-refractivity contribution in [3.05, 3.63) is 187 Å². The van der Waals surface area contributed by atoms with Gasteiger partial charge < -0.3 is 14.3 Å². The van der Waals surface area contributed by atoms with Gasteiger partial charge in [-0.3, -0.25) is 5.32 Å². The summed E-state index contributed by atoms with van der Waals surface area (Å²) in [5.74, 6) is 1.22. The van der Waals surface area contributed by atoms with Gasteiger partial charge in [-0.05, 0) is 83.8 Å². The lowest BCUT2D eigenvalue weighted by atomic mass is 9.96. The van der Waals surface area contributed by atoms with Crippen LogP contribution in [0.5, 0.6) is 0 Å². The van der Waals surface area contributed by atoms with Gasteiger partial charge >= 0.3 is 0 Å². The summed E-state index contributed by atoms with van der Waals surface area (Å²) in [5.41, 5.74) is 9.93. The molecule has 57 heavy (non-hydrogen) atoms. The highest BCUT2D eigenvalue weighted by Gasteiger charge is 2.29. The first-order valence-electron chi connectivity index (χ1n) is 19.6. The van der Waals surface area contributed by atoms with Gasteiger partial charge in [0, 0.05) is 47.8 Å². The third-order valence-corrected chi connectivity index (χ3v) is 12.9. The number of fused-ring (bicyclic) bond motifs is 9. The second-order valence-electron chi connectivity index (χ2n) is 15.1. The van der Waals surface area contributed by atoms with E-state index < -0.39 is 0 Å². The van der Waals surface area contributed by atoms with Crippen LogP contribution in [0.2, 0.25) is 0 Å². The quantitative estimate of drug-likeness (QED) is 0.184. The molecule has 1 aliphatic heterocycles. The number of para-hydroxylation sites is 2. The van der Waals surface area contributed by atoms with Crippen molar-refractivity contribution in [2.75, 3.05) is 0 Å². The standard InChI is InChI=1S/C51H36N4OS/c1-3-12-31(13-4-1)49-52-50(32-14-5-2-6-15-32)54-51(53-49)35-24-27-46-39(29-35)38-25-22-34(30-47(38)57-46)33-23-26-44-40(28-33)48-43(20-11-21-45(48)56-44)55-41-18-9-7-16-36(41)37-17-8-10-19-42(37)55/h1-14,16-30,32,49-50,52H,15H2,(H,53,54). The zero-order valence-electron chi connectivity index (χ0n) is 30.9. The normalized spacial score (nSPS) is 18.3. The largest absolute Gasteiger partial charge is 0.456 e. The third kappa shape index (κ3) is 5.29. The second-order valence-corrected chi connectivity index (χ2v) is 16.2. The van der Waals surface area contributed by atoms with E-state index in [9.17, 15) is 0 Å². The molecule has 0 saturated carbocycles. The summed E-state index contributed by atoms with van der Waals surface area (Å²) >= 11 is 1.85. The van der Waals surface area contributed by atoms with Gasteiger partial charge in [-0.2, -0.15) is 0 Å². The van der Waals surface area contributed by atoms with Gasteiger partial charge in [0.05, 0.1) is 22.1 Å². The fourth-order valence-electron chi connectivity index (χ4n) is 9.06. The Morgan fingerprint density at radius 2 is 1.35 bits per heavy atom. The van der Waals surface area contributed by atoms with Crippen LogP contribution >= 0.6 is 11.3 Å². The Labute approximate surface area is 332 Å². The maximum absolute atomic E-state index is 6.51. The summed E-state index contributed by atoms with van der Waals surface area (Å²) in [6.45, 7) is 0. The zero-order valence-corrected chi connectivity index (χ0v) is 31.7. The van der Waals surface area contributed by atoms with Crippen LogP contribution in [0, 0.1) is 5.92 Å². The molecular formula is C51H36N4OS. The minimum absolute atomic E-state index is 0.0344. The maximum atomic E-state index is 6.51. The summed E-state index contributed by atoms with van der Waals surface area (Å²) < 4.78 is 11.4. The van der Waals surface area contributed by atoms with E-state index >= 15 is 0 Å². The van der Waals surface area contributed by atoms with Crippen molar-refractivity contribution in [2.24, 2.45) is 10.9 Å². The van der Waals surface area contributed by atoms with Crippen molar-refractivity contribution in [1.29, 1.82) is 0 Å². The Kier molecular flexibility index (Phi) is 7.37. The zero-order chi connectivity index (χ0) is 37.5. The van der Waals surface area contributed by atoms with E-state index in [-0.39, 0.29) is 12.3 Å². The molecule has 1 aliphatic carbocycles. The Bertz CT molecular complexity index is 3260. The van der Waals surface area contributed by atoms with Crippen molar-refractivity contribution in [2.45, 2.75) is 18.8 Å². The molecule has 7 aromatic carbocycles. The first kappa shape index (κ1) is 32.5.